The van der Waals surface area contributed by atoms with Crippen LogP contribution in [0.4, 0.5) is 0 Å². The molecule has 0 radical (unpaired) electrons. The molecule has 1 aliphatic carbocycles. The van der Waals surface area contributed by atoms with Gasteiger partial charge in [0.1, 0.15) is 11.3 Å². The van der Waals surface area contributed by atoms with Crippen molar-refractivity contribution >= 4 is 19.1 Å². The van der Waals surface area contributed by atoms with Crippen molar-refractivity contribution in [3.8, 4) is 5.75 Å². The lowest BCUT2D eigenvalue weighted by atomic mass is 9.67. The molecule has 0 fully saturated rings. The number of methoxy groups -OCH3 is 1. The standard InChI is InChI=1S/C19H24BN3O3/c1-20-14-5-3-13(4-6-14)19(22,18(21)25)11-23-10-12-9-15(26-2)7-8-16(12)17(23)24/h3,5-9,13,20H,4,10-11,22H2,1-2H3,(H2,21,25). The Morgan fingerprint density at radius 1 is 1.46 bits per heavy atom. The van der Waals surface area contributed by atoms with E-state index >= 15 is 0 Å². The number of benzene rings is 1. The highest BCUT2D eigenvalue weighted by molar-refractivity contribution is 6.44. The SMILES string of the molecule is CBC1=CCC(C(N)(CN2Cc3cc(OC)ccc3C2=O)C(N)=O)C=C1. The molecule has 2 unspecified atom stereocenters. The molecule has 2 aliphatic rings. The minimum absolute atomic E-state index is 0.0858. The van der Waals surface area contributed by atoms with E-state index in [-0.39, 0.29) is 18.4 Å². The van der Waals surface area contributed by atoms with E-state index in [0.29, 0.717) is 24.3 Å². The van der Waals surface area contributed by atoms with Gasteiger partial charge in [0.25, 0.3) is 5.91 Å². The minimum atomic E-state index is -1.31. The lowest BCUT2D eigenvalue weighted by molar-refractivity contribution is -0.125. The second-order valence-electron chi connectivity index (χ2n) is 6.92. The van der Waals surface area contributed by atoms with Crippen LogP contribution in [0, 0.1) is 5.92 Å². The Morgan fingerprint density at radius 3 is 2.81 bits per heavy atom. The molecule has 0 spiro atoms. The van der Waals surface area contributed by atoms with Gasteiger partial charge in [-0.25, -0.2) is 0 Å². The Morgan fingerprint density at radius 2 is 2.23 bits per heavy atom. The van der Waals surface area contributed by atoms with Crippen LogP contribution < -0.4 is 16.2 Å². The number of fused-ring (bicyclic) bond motifs is 1. The average molecular weight is 353 g/mol. The molecule has 4 N–H and O–H groups in total. The zero-order valence-electron chi connectivity index (χ0n) is 15.2. The van der Waals surface area contributed by atoms with E-state index in [0.717, 1.165) is 12.8 Å². The second-order valence-corrected chi connectivity index (χ2v) is 6.92. The third-order valence-corrected chi connectivity index (χ3v) is 5.35. The third kappa shape index (κ3) is 3.14. The van der Waals surface area contributed by atoms with Gasteiger partial charge in [0.2, 0.25) is 5.91 Å². The number of carbonyl (C=O) groups excluding carboxylic acids is 2. The first kappa shape index (κ1) is 18.3. The number of nitrogens with zero attached hydrogens (tertiary/aromatic N) is 1. The summed E-state index contributed by atoms with van der Waals surface area (Å²) >= 11 is 0. The minimum Gasteiger partial charge on any atom is -0.497 e. The topological polar surface area (TPSA) is 98.7 Å². The van der Waals surface area contributed by atoms with E-state index in [9.17, 15) is 9.59 Å². The summed E-state index contributed by atoms with van der Waals surface area (Å²) in [6.07, 6.45) is 6.66. The fourth-order valence-electron chi connectivity index (χ4n) is 3.61. The van der Waals surface area contributed by atoms with Crippen LogP contribution in [0.25, 0.3) is 0 Å². The first-order chi connectivity index (χ1) is 12.4. The molecule has 2 atom stereocenters. The Hall–Kier alpha value is -2.54. The summed E-state index contributed by atoms with van der Waals surface area (Å²) in [6.45, 7) is 2.56. The fourth-order valence-corrected chi connectivity index (χ4v) is 3.61. The lowest BCUT2D eigenvalue weighted by Crippen LogP contribution is -2.63. The number of primary amides is 1. The van der Waals surface area contributed by atoms with Crippen LogP contribution >= 0.6 is 0 Å². The fraction of sp³-hybridized carbons (Fsp3) is 0.368. The first-order valence-corrected chi connectivity index (χ1v) is 8.81. The van der Waals surface area contributed by atoms with Crippen LogP contribution in [0.3, 0.4) is 0 Å². The van der Waals surface area contributed by atoms with E-state index in [1.807, 2.05) is 18.2 Å². The maximum absolute atomic E-state index is 12.7. The van der Waals surface area contributed by atoms with Gasteiger partial charge in [0.05, 0.1) is 7.11 Å². The van der Waals surface area contributed by atoms with Crippen LogP contribution in [-0.2, 0) is 11.3 Å². The normalized spacial score (nSPS) is 21.0. The summed E-state index contributed by atoms with van der Waals surface area (Å²) in [4.78, 5) is 26.5. The van der Waals surface area contributed by atoms with Gasteiger partial charge in [-0.1, -0.05) is 30.5 Å². The van der Waals surface area contributed by atoms with Crippen LogP contribution in [0.5, 0.6) is 5.75 Å². The van der Waals surface area contributed by atoms with Crippen molar-refractivity contribution in [2.45, 2.75) is 25.3 Å². The monoisotopic (exact) mass is 353 g/mol. The number of hydrogen-bond donors (Lipinski definition) is 2. The zero-order valence-corrected chi connectivity index (χ0v) is 15.2. The molecule has 1 aromatic rings. The molecule has 7 heteroatoms. The molecule has 0 saturated heterocycles. The number of amides is 2. The van der Waals surface area contributed by atoms with Crippen LogP contribution in [-0.4, -0.2) is 43.2 Å². The Balaban J connectivity index is 1.81. The van der Waals surface area contributed by atoms with Crippen molar-refractivity contribution in [3.05, 3.63) is 53.0 Å². The number of ether oxygens (including phenoxy) is 1. The van der Waals surface area contributed by atoms with Gasteiger partial charge >= 0.3 is 0 Å². The molecule has 0 bridgehead atoms. The lowest BCUT2D eigenvalue weighted by Gasteiger charge is -2.37. The molecule has 0 aromatic heterocycles. The zero-order chi connectivity index (χ0) is 18.9. The molecule has 6 nitrogen and oxygen atoms in total. The predicted octanol–water partition coefficient (Wildman–Crippen LogP) is 0.778. The van der Waals surface area contributed by atoms with Crippen molar-refractivity contribution in [2.24, 2.45) is 17.4 Å². The number of hydrogen-bond acceptors (Lipinski definition) is 4. The Kier molecular flexibility index (Phi) is 4.91. The smallest absolute Gasteiger partial charge is 0.254 e. The average Bonchev–Trinajstić information content (AvgIpc) is 2.96. The third-order valence-electron chi connectivity index (χ3n) is 5.35. The number of nitrogens with two attached hydrogens (primary N) is 2. The quantitative estimate of drug-likeness (QED) is 0.739. The largest absolute Gasteiger partial charge is 0.497 e. The molecular weight excluding hydrogens is 329 g/mol. The summed E-state index contributed by atoms with van der Waals surface area (Å²) in [6, 6.07) is 5.34. The van der Waals surface area contributed by atoms with Gasteiger partial charge in [-0.05, 0) is 30.2 Å². The van der Waals surface area contributed by atoms with E-state index in [2.05, 4.69) is 12.9 Å². The molecule has 0 saturated carbocycles. The Bertz CT molecular complexity index is 805. The van der Waals surface area contributed by atoms with Gasteiger partial charge in [-0.2, -0.15) is 0 Å². The van der Waals surface area contributed by atoms with E-state index in [4.69, 9.17) is 16.2 Å². The van der Waals surface area contributed by atoms with Crippen LogP contribution in [0.15, 0.2) is 41.9 Å². The summed E-state index contributed by atoms with van der Waals surface area (Å²) in [5.41, 5.74) is 13.5. The molecule has 2 amide bonds. The highest BCUT2D eigenvalue weighted by Gasteiger charge is 2.43. The molecule has 3 rings (SSSR count). The van der Waals surface area contributed by atoms with Gasteiger partial charge < -0.3 is 21.1 Å². The number of rotatable bonds is 6. The van der Waals surface area contributed by atoms with Crippen molar-refractivity contribution in [2.75, 3.05) is 13.7 Å². The maximum Gasteiger partial charge on any atom is 0.254 e. The maximum atomic E-state index is 12.7. The van der Waals surface area contributed by atoms with Gasteiger partial charge in [0, 0.05) is 24.6 Å². The van der Waals surface area contributed by atoms with Crippen molar-refractivity contribution in [1.29, 1.82) is 0 Å². The van der Waals surface area contributed by atoms with Crippen molar-refractivity contribution in [1.82, 2.24) is 4.90 Å². The summed E-state index contributed by atoms with van der Waals surface area (Å²) in [7, 11) is 2.51. The van der Waals surface area contributed by atoms with E-state index in [1.54, 1.807) is 24.1 Å². The first-order valence-electron chi connectivity index (χ1n) is 8.81. The van der Waals surface area contributed by atoms with Gasteiger partial charge in [-0.15, -0.1) is 0 Å². The summed E-state index contributed by atoms with van der Waals surface area (Å²) in [5, 5.41) is 0. The highest BCUT2D eigenvalue weighted by atomic mass is 16.5. The van der Waals surface area contributed by atoms with E-state index < -0.39 is 11.4 Å². The predicted molar refractivity (Wildman–Crippen MR) is 102 cm³/mol. The Labute approximate surface area is 154 Å². The molecule has 1 heterocycles. The molecule has 1 aromatic carbocycles. The van der Waals surface area contributed by atoms with Gasteiger partial charge in [0.15, 0.2) is 7.28 Å². The van der Waals surface area contributed by atoms with E-state index in [1.165, 1.54) is 5.47 Å². The van der Waals surface area contributed by atoms with Crippen molar-refractivity contribution in [3.63, 3.8) is 0 Å². The number of carbonyl (C=O) groups is 2. The molecule has 26 heavy (non-hydrogen) atoms. The van der Waals surface area contributed by atoms with Crippen molar-refractivity contribution < 1.29 is 14.3 Å². The van der Waals surface area contributed by atoms with Gasteiger partial charge in [-0.3, -0.25) is 9.59 Å². The van der Waals surface area contributed by atoms with Crippen LogP contribution in [0.1, 0.15) is 22.3 Å². The summed E-state index contributed by atoms with van der Waals surface area (Å²) < 4.78 is 5.22. The molecule has 1 aliphatic heterocycles. The van der Waals surface area contributed by atoms with Crippen LogP contribution in [0.2, 0.25) is 6.82 Å². The highest BCUT2D eigenvalue weighted by Crippen LogP contribution is 2.31. The molecular formula is C19H24BN3O3. The second kappa shape index (κ2) is 7.00. The molecule has 136 valence electrons. The summed E-state index contributed by atoms with van der Waals surface area (Å²) in [5.74, 6) is -0.272. The number of allylic oxidation sites excluding steroid dienone is 3.